The van der Waals surface area contributed by atoms with Gasteiger partial charge in [0.2, 0.25) is 0 Å². The van der Waals surface area contributed by atoms with E-state index in [4.69, 9.17) is 0 Å². The first-order valence-electron chi connectivity index (χ1n) is 6.22. The van der Waals surface area contributed by atoms with Crippen LogP contribution in [0, 0.1) is 0 Å². The molecule has 0 aromatic heterocycles. The summed E-state index contributed by atoms with van der Waals surface area (Å²) >= 11 is 0. The molecule has 0 aliphatic rings. The summed E-state index contributed by atoms with van der Waals surface area (Å²) in [7, 11) is 3.37. The topological polar surface area (TPSA) is 0 Å². The molecule has 0 saturated heterocycles. The van der Waals surface area contributed by atoms with Crippen LogP contribution in [0.5, 0.6) is 0 Å². The summed E-state index contributed by atoms with van der Waals surface area (Å²) in [6, 6.07) is 0. The van der Waals surface area contributed by atoms with Crippen molar-refractivity contribution in [1.82, 2.24) is 0 Å². The number of nitrogens with zero attached hydrogens (tertiary/aromatic N) is 1. The normalized spacial score (nSPS) is 16.3. The molecule has 0 spiro atoms. The first-order valence-corrected chi connectivity index (χ1v) is 6.22. The number of alkyl halides is 13. The van der Waals surface area contributed by atoms with Crippen molar-refractivity contribution < 1.29 is 61.6 Å². The van der Waals surface area contributed by atoms with Crippen LogP contribution in [0.1, 0.15) is 6.42 Å². The Bertz CT molecular complexity index is 471. The molecule has 0 amide bonds. The Morgan fingerprint density at radius 3 is 1.12 bits per heavy atom. The van der Waals surface area contributed by atoms with Crippen LogP contribution in [-0.4, -0.2) is 68.0 Å². The Kier molecular flexibility index (Phi) is 5.82. The van der Waals surface area contributed by atoms with Gasteiger partial charge in [-0.25, -0.2) is 0 Å². The second-order valence-corrected chi connectivity index (χ2v) is 6.26. The SMILES string of the molecule is C[N+](C)(C)CCC(F)(F)C(F)(F)C(F)(F)C(F)(F)C(F)(F)C(F)(F)F. The van der Waals surface area contributed by atoms with Crippen molar-refractivity contribution in [3.63, 3.8) is 0 Å². The van der Waals surface area contributed by atoms with Gasteiger partial charge >= 0.3 is 35.8 Å². The smallest absolute Gasteiger partial charge is 0.331 e. The summed E-state index contributed by atoms with van der Waals surface area (Å²) in [4.78, 5) is 0. The molecule has 0 bridgehead atoms. The van der Waals surface area contributed by atoms with E-state index in [9.17, 15) is 57.1 Å². The summed E-state index contributed by atoms with van der Waals surface area (Å²) in [5.74, 6) is -36.4. The van der Waals surface area contributed by atoms with E-state index in [-0.39, 0.29) is 0 Å². The van der Waals surface area contributed by atoms with Gasteiger partial charge in [-0.15, -0.1) is 0 Å². The van der Waals surface area contributed by atoms with Crippen LogP contribution in [0.25, 0.3) is 0 Å². The van der Waals surface area contributed by atoms with Crippen molar-refractivity contribution in [2.75, 3.05) is 27.7 Å². The summed E-state index contributed by atoms with van der Waals surface area (Å²) in [5, 5.41) is 0. The predicted molar refractivity (Wildman–Crippen MR) is 58.3 cm³/mol. The third kappa shape index (κ3) is 3.92. The molecule has 152 valence electrons. The lowest BCUT2D eigenvalue weighted by Gasteiger charge is -2.40. The first-order chi connectivity index (χ1) is 10.5. The van der Waals surface area contributed by atoms with Crippen molar-refractivity contribution in [2.45, 2.75) is 42.2 Å². The molecule has 0 heterocycles. The first kappa shape index (κ1) is 24.1. The van der Waals surface area contributed by atoms with Crippen molar-refractivity contribution in [2.24, 2.45) is 0 Å². The van der Waals surface area contributed by atoms with Gasteiger partial charge in [0.05, 0.1) is 34.1 Å². The van der Waals surface area contributed by atoms with Gasteiger partial charge in [-0.3, -0.25) is 0 Å². The van der Waals surface area contributed by atoms with Crippen LogP contribution in [0.3, 0.4) is 0 Å². The average molecular weight is 406 g/mol. The highest BCUT2D eigenvalue weighted by Gasteiger charge is 2.90. The molecule has 0 aromatic carbocycles. The molecule has 0 rings (SSSR count). The Morgan fingerprint density at radius 1 is 0.520 bits per heavy atom. The summed E-state index contributed by atoms with van der Waals surface area (Å²) < 4.78 is 166. The Balaban J connectivity index is 6.03. The van der Waals surface area contributed by atoms with Gasteiger partial charge in [0.15, 0.2) is 0 Å². The van der Waals surface area contributed by atoms with Crippen LogP contribution in [0.15, 0.2) is 0 Å². The summed E-state index contributed by atoms with van der Waals surface area (Å²) in [6.45, 7) is -1.00. The maximum atomic E-state index is 13.3. The van der Waals surface area contributed by atoms with E-state index >= 15 is 0 Å². The van der Waals surface area contributed by atoms with E-state index in [2.05, 4.69) is 0 Å². The molecule has 25 heavy (non-hydrogen) atoms. The highest BCUT2D eigenvalue weighted by atomic mass is 19.4. The van der Waals surface area contributed by atoms with Crippen LogP contribution >= 0.6 is 0 Å². The van der Waals surface area contributed by atoms with Crippen molar-refractivity contribution in [3.05, 3.63) is 0 Å². The Hall–Kier alpha value is -0.950. The minimum atomic E-state index is -7.83. The van der Waals surface area contributed by atoms with Gasteiger partial charge in [-0.2, -0.15) is 57.1 Å². The third-order valence-corrected chi connectivity index (χ3v) is 3.10. The average Bonchev–Trinajstić information content (AvgIpc) is 2.33. The van der Waals surface area contributed by atoms with Crippen LogP contribution in [-0.2, 0) is 0 Å². The zero-order valence-corrected chi connectivity index (χ0v) is 12.8. The molecular weight excluding hydrogens is 393 g/mol. The Morgan fingerprint density at radius 2 is 0.840 bits per heavy atom. The number of halogens is 13. The quantitative estimate of drug-likeness (QED) is 0.420. The van der Waals surface area contributed by atoms with Crippen LogP contribution in [0.2, 0.25) is 0 Å². The van der Waals surface area contributed by atoms with Gasteiger partial charge in [-0.05, 0) is 0 Å². The van der Waals surface area contributed by atoms with Crippen molar-refractivity contribution >= 4 is 0 Å². The van der Waals surface area contributed by atoms with E-state index in [0.29, 0.717) is 0 Å². The molecule has 14 heteroatoms. The van der Waals surface area contributed by atoms with Crippen molar-refractivity contribution in [1.29, 1.82) is 0 Å². The zero-order valence-electron chi connectivity index (χ0n) is 12.8. The molecule has 0 saturated carbocycles. The fourth-order valence-electron chi connectivity index (χ4n) is 1.43. The summed E-state index contributed by atoms with van der Waals surface area (Å²) in [5.41, 5.74) is 0. The van der Waals surface area contributed by atoms with Crippen LogP contribution < -0.4 is 0 Å². The second-order valence-electron chi connectivity index (χ2n) is 6.26. The van der Waals surface area contributed by atoms with Crippen LogP contribution in [0.4, 0.5) is 57.1 Å². The molecule has 0 atom stereocenters. The number of hydrogen-bond donors (Lipinski definition) is 0. The standard InChI is InChI=1S/C11H13F13N/c1-25(2,3)5-4-6(12,13)7(14,15)8(16,17)9(18,19)10(20,21)11(22,23)24/h4-5H2,1-3H3/q+1. The number of quaternary nitrogens is 1. The fourth-order valence-corrected chi connectivity index (χ4v) is 1.43. The van der Waals surface area contributed by atoms with E-state index < -0.39 is 53.2 Å². The maximum absolute atomic E-state index is 13.3. The molecule has 0 aromatic rings. The van der Waals surface area contributed by atoms with Gasteiger partial charge in [0.25, 0.3) is 0 Å². The third-order valence-electron chi connectivity index (χ3n) is 3.10. The lowest BCUT2D eigenvalue weighted by molar-refractivity contribution is -0.871. The Labute approximate surface area is 133 Å². The maximum Gasteiger partial charge on any atom is 0.460 e. The van der Waals surface area contributed by atoms with E-state index in [1.807, 2.05) is 0 Å². The number of rotatable bonds is 7. The van der Waals surface area contributed by atoms with Gasteiger partial charge in [0.1, 0.15) is 0 Å². The van der Waals surface area contributed by atoms with Gasteiger partial charge in [0, 0.05) is 0 Å². The van der Waals surface area contributed by atoms with Crippen molar-refractivity contribution in [3.8, 4) is 0 Å². The molecule has 0 aliphatic carbocycles. The lowest BCUT2D eigenvalue weighted by atomic mass is 9.92. The van der Waals surface area contributed by atoms with E-state index in [0.717, 1.165) is 21.1 Å². The fraction of sp³-hybridized carbons (Fsp3) is 1.00. The van der Waals surface area contributed by atoms with Gasteiger partial charge in [-0.1, -0.05) is 0 Å². The predicted octanol–water partition coefficient (Wildman–Crippen LogP) is 4.82. The van der Waals surface area contributed by atoms with E-state index in [1.165, 1.54) is 0 Å². The van der Waals surface area contributed by atoms with E-state index in [1.54, 1.807) is 0 Å². The zero-order chi connectivity index (χ0) is 20.9. The molecule has 0 aliphatic heterocycles. The second kappa shape index (κ2) is 6.05. The number of hydrogen-bond acceptors (Lipinski definition) is 0. The molecule has 0 unspecified atom stereocenters. The molecule has 0 radical (unpaired) electrons. The molecule has 0 fully saturated rings. The molecular formula is C11H13F13N+. The highest BCUT2D eigenvalue weighted by Crippen LogP contribution is 2.60. The lowest BCUT2D eigenvalue weighted by Crippen LogP contribution is -2.70. The molecule has 1 nitrogen and oxygen atoms in total. The minimum absolute atomic E-state index is 0.535. The highest BCUT2D eigenvalue weighted by molar-refractivity contribution is 5.10. The largest absolute Gasteiger partial charge is 0.460 e. The monoisotopic (exact) mass is 406 g/mol. The molecule has 0 N–H and O–H groups in total. The van der Waals surface area contributed by atoms with Gasteiger partial charge < -0.3 is 4.48 Å². The summed E-state index contributed by atoms with van der Waals surface area (Å²) in [6.07, 6.45) is -9.56. The minimum Gasteiger partial charge on any atom is -0.331 e.